The van der Waals surface area contributed by atoms with Crippen molar-refractivity contribution in [3.8, 4) is 0 Å². The Hall–Kier alpha value is -1.40. The van der Waals surface area contributed by atoms with Crippen molar-refractivity contribution in [1.29, 1.82) is 0 Å². The lowest BCUT2D eigenvalue weighted by Gasteiger charge is -2.38. The summed E-state index contributed by atoms with van der Waals surface area (Å²) in [4.78, 5) is 14.9. The molecule has 0 radical (unpaired) electrons. The van der Waals surface area contributed by atoms with Crippen LogP contribution in [0.5, 0.6) is 0 Å². The maximum Gasteiger partial charge on any atom is 0.494 e. The molecule has 26 heavy (non-hydrogen) atoms. The van der Waals surface area contributed by atoms with Crippen LogP contribution >= 0.6 is 0 Å². The number of hydrogen-bond donors (Lipinski definition) is 1. The number of amides is 1. The topological polar surface area (TPSA) is 49.8 Å². The number of halogens is 1. The molecule has 0 aliphatic carbocycles. The van der Waals surface area contributed by atoms with Gasteiger partial charge in [0.15, 0.2) is 0 Å². The molecule has 4 nitrogen and oxygen atoms in total. The summed E-state index contributed by atoms with van der Waals surface area (Å²) in [5, 5.41) is 9.69. The Balaban J connectivity index is 1.88. The molecule has 0 bridgehead atoms. The van der Waals surface area contributed by atoms with Crippen LogP contribution in [-0.2, 0) is 11.3 Å². The first-order valence-electron chi connectivity index (χ1n) is 9.31. The highest BCUT2D eigenvalue weighted by molar-refractivity contribution is 6.61. The number of rotatable bonds is 1. The first-order chi connectivity index (χ1) is 11.9. The molecule has 1 fully saturated rings. The Labute approximate surface area is 155 Å². The lowest BCUT2D eigenvalue weighted by Crippen LogP contribution is -2.34. The summed E-state index contributed by atoms with van der Waals surface area (Å²) < 4.78 is 19.4. The third kappa shape index (κ3) is 3.41. The Morgan fingerprint density at radius 3 is 2.19 bits per heavy atom. The highest BCUT2D eigenvalue weighted by Crippen LogP contribution is 2.46. The molecule has 2 atom stereocenters. The summed E-state index contributed by atoms with van der Waals surface area (Å²) in [5.41, 5.74) is 1.23. The average molecular weight is 361 g/mol. The SMILES string of the molecule is CC(C)(C)C1CN(C(=O)c2cc(F)c3c(c2)COB3O)CC1C(C)(C)C. The van der Waals surface area contributed by atoms with E-state index >= 15 is 0 Å². The van der Waals surface area contributed by atoms with Gasteiger partial charge in [-0.15, -0.1) is 0 Å². The highest BCUT2D eigenvalue weighted by Gasteiger charge is 2.46. The smallest absolute Gasteiger partial charge is 0.423 e. The second-order valence-electron chi connectivity index (χ2n) is 9.85. The van der Waals surface area contributed by atoms with Gasteiger partial charge in [-0.3, -0.25) is 4.79 Å². The van der Waals surface area contributed by atoms with Crippen molar-refractivity contribution in [1.82, 2.24) is 4.90 Å². The molecule has 2 aliphatic rings. The van der Waals surface area contributed by atoms with E-state index in [2.05, 4.69) is 41.5 Å². The molecule has 1 aromatic rings. The molecule has 1 amide bonds. The van der Waals surface area contributed by atoms with Crippen LogP contribution in [0.15, 0.2) is 12.1 Å². The summed E-state index contributed by atoms with van der Waals surface area (Å²) in [6.07, 6.45) is 0. The van der Waals surface area contributed by atoms with Gasteiger partial charge in [-0.25, -0.2) is 4.39 Å². The van der Waals surface area contributed by atoms with Gasteiger partial charge in [-0.1, -0.05) is 41.5 Å². The zero-order chi connectivity index (χ0) is 19.4. The van der Waals surface area contributed by atoms with E-state index in [1.807, 2.05) is 4.90 Å². The van der Waals surface area contributed by atoms with E-state index in [1.54, 1.807) is 6.07 Å². The number of nitrogens with zero attached hydrogens (tertiary/aromatic N) is 1. The van der Waals surface area contributed by atoms with E-state index in [4.69, 9.17) is 4.65 Å². The van der Waals surface area contributed by atoms with Crippen molar-refractivity contribution in [2.45, 2.75) is 48.1 Å². The Kier molecular flexibility index (Phi) is 4.73. The minimum atomic E-state index is -1.24. The number of fused-ring (bicyclic) bond motifs is 1. The molecular weight excluding hydrogens is 332 g/mol. The molecule has 142 valence electrons. The van der Waals surface area contributed by atoms with Crippen LogP contribution in [0, 0.1) is 28.5 Å². The first-order valence-corrected chi connectivity index (χ1v) is 9.31. The minimum absolute atomic E-state index is 0.0914. The third-order valence-electron chi connectivity index (χ3n) is 5.94. The fraction of sp³-hybridized carbons (Fsp3) is 0.650. The normalized spacial score (nSPS) is 23.5. The lowest BCUT2D eigenvalue weighted by molar-refractivity contribution is 0.0774. The fourth-order valence-corrected chi connectivity index (χ4v) is 4.35. The maximum atomic E-state index is 14.4. The Morgan fingerprint density at radius 1 is 1.15 bits per heavy atom. The second-order valence-corrected chi connectivity index (χ2v) is 9.85. The minimum Gasteiger partial charge on any atom is -0.423 e. The van der Waals surface area contributed by atoms with E-state index in [1.165, 1.54) is 6.07 Å². The molecule has 6 heteroatoms. The quantitative estimate of drug-likeness (QED) is 0.783. The Bertz CT molecular complexity index is 701. The molecule has 2 aliphatic heterocycles. The zero-order valence-corrected chi connectivity index (χ0v) is 16.6. The van der Waals surface area contributed by atoms with Crippen molar-refractivity contribution in [2.24, 2.45) is 22.7 Å². The van der Waals surface area contributed by atoms with Gasteiger partial charge in [-0.05, 0) is 40.4 Å². The van der Waals surface area contributed by atoms with Gasteiger partial charge >= 0.3 is 7.12 Å². The van der Waals surface area contributed by atoms with Crippen molar-refractivity contribution in [3.05, 3.63) is 29.1 Å². The van der Waals surface area contributed by atoms with Crippen LogP contribution < -0.4 is 5.46 Å². The lowest BCUT2D eigenvalue weighted by atomic mass is 9.66. The van der Waals surface area contributed by atoms with E-state index in [-0.39, 0.29) is 28.8 Å². The molecule has 0 saturated carbocycles. The average Bonchev–Trinajstić information content (AvgIpc) is 3.10. The summed E-state index contributed by atoms with van der Waals surface area (Å²) in [5.74, 6) is 0.0515. The van der Waals surface area contributed by atoms with Gasteiger partial charge in [0.05, 0.1) is 6.61 Å². The Morgan fingerprint density at radius 2 is 1.69 bits per heavy atom. The van der Waals surface area contributed by atoms with E-state index in [9.17, 15) is 14.2 Å². The van der Waals surface area contributed by atoms with E-state index < -0.39 is 12.9 Å². The van der Waals surface area contributed by atoms with Crippen LogP contribution in [0.1, 0.15) is 57.5 Å². The number of carbonyl (C=O) groups is 1. The monoisotopic (exact) mass is 361 g/mol. The van der Waals surface area contributed by atoms with E-state index in [0.717, 1.165) is 0 Å². The van der Waals surface area contributed by atoms with Gasteiger partial charge in [0.1, 0.15) is 5.82 Å². The molecule has 2 heterocycles. The van der Waals surface area contributed by atoms with Gasteiger partial charge in [0.2, 0.25) is 0 Å². The van der Waals surface area contributed by atoms with Gasteiger partial charge in [-0.2, -0.15) is 0 Å². The summed E-state index contributed by atoms with van der Waals surface area (Å²) in [6, 6.07) is 2.89. The molecule has 1 aromatic carbocycles. The number of benzene rings is 1. The molecular formula is C20H29BFNO3. The highest BCUT2D eigenvalue weighted by atomic mass is 19.1. The van der Waals surface area contributed by atoms with E-state index in [0.29, 0.717) is 36.1 Å². The van der Waals surface area contributed by atoms with Crippen LogP contribution in [0.2, 0.25) is 0 Å². The van der Waals surface area contributed by atoms with Crippen LogP contribution in [0.25, 0.3) is 0 Å². The van der Waals surface area contributed by atoms with Gasteiger partial charge in [0, 0.05) is 24.1 Å². The van der Waals surface area contributed by atoms with Crippen LogP contribution in [0.4, 0.5) is 4.39 Å². The molecule has 3 rings (SSSR count). The zero-order valence-electron chi connectivity index (χ0n) is 16.6. The van der Waals surface area contributed by atoms with Crippen molar-refractivity contribution >= 4 is 18.5 Å². The molecule has 1 saturated heterocycles. The second kappa shape index (κ2) is 6.34. The fourth-order valence-electron chi connectivity index (χ4n) is 4.35. The van der Waals surface area contributed by atoms with Gasteiger partial charge < -0.3 is 14.6 Å². The van der Waals surface area contributed by atoms with Crippen molar-refractivity contribution in [2.75, 3.05) is 13.1 Å². The summed E-state index contributed by atoms with van der Waals surface area (Å²) in [6.45, 7) is 14.8. The molecule has 1 N–H and O–H groups in total. The molecule has 0 aromatic heterocycles. The summed E-state index contributed by atoms with van der Waals surface area (Å²) in [7, 11) is -1.24. The largest absolute Gasteiger partial charge is 0.494 e. The number of hydrogen-bond acceptors (Lipinski definition) is 3. The van der Waals surface area contributed by atoms with Crippen LogP contribution in [-0.4, -0.2) is 36.0 Å². The predicted molar refractivity (Wildman–Crippen MR) is 101 cm³/mol. The number of likely N-dealkylation sites (tertiary alicyclic amines) is 1. The van der Waals surface area contributed by atoms with Crippen molar-refractivity contribution < 1.29 is 18.9 Å². The van der Waals surface area contributed by atoms with Crippen molar-refractivity contribution in [3.63, 3.8) is 0 Å². The van der Waals surface area contributed by atoms with Gasteiger partial charge in [0.25, 0.3) is 5.91 Å². The predicted octanol–water partition coefficient (Wildman–Crippen LogP) is 2.82. The molecule has 2 unspecified atom stereocenters. The number of carbonyl (C=O) groups excluding carboxylic acids is 1. The molecule has 0 spiro atoms. The van der Waals surface area contributed by atoms with Crippen LogP contribution in [0.3, 0.4) is 0 Å². The first kappa shape index (κ1) is 19.4. The maximum absolute atomic E-state index is 14.4. The summed E-state index contributed by atoms with van der Waals surface area (Å²) >= 11 is 0. The standard InChI is InChI=1S/C20H29BFNO3/c1-19(2,3)14-9-23(10-15(14)20(4,5)6)18(24)12-7-13-11-26-21(25)17(13)16(22)8-12/h7-8,14-15,25H,9-11H2,1-6H3. The third-order valence-corrected chi connectivity index (χ3v) is 5.94.